The van der Waals surface area contributed by atoms with Crippen LogP contribution in [0.25, 0.3) is 0 Å². The summed E-state index contributed by atoms with van der Waals surface area (Å²) in [4.78, 5) is 18.1. The Morgan fingerprint density at radius 3 is 1.56 bits per heavy atom. The molecule has 8 bridgehead atoms. The van der Waals surface area contributed by atoms with Gasteiger partial charge in [0.1, 0.15) is 37.1 Å². The number of nitrogens with one attached hydrogen (secondary N) is 2. The van der Waals surface area contributed by atoms with Crippen molar-refractivity contribution in [1.82, 2.24) is 20.4 Å². The van der Waals surface area contributed by atoms with Gasteiger partial charge in [0.25, 0.3) is 5.69 Å². The molecule has 50 heavy (non-hydrogen) atoms. The van der Waals surface area contributed by atoms with Crippen LogP contribution in [-0.2, 0) is 19.6 Å². The van der Waals surface area contributed by atoms with Crippen molar-refractivity contribution in [3.05, 3.63) is 124 Å². The Morgan fingerprint density at radius 1 is 0.560 bits per heavy atom. The number of nitro groups is 1. The van der Waals surface area contributed by atoms with E-state index in [1.165, 1.54) is 11.1 Å². The van der Waals surface area contributed by atoms with Crippen LogP contribution in [0.1, 0.15) is 16.7 Å². The smallest absolute Gasteiger partial charge is 0.269 e. The summed E-state index contributed by atoms with van der Waals surface area (Å²) in [5.74, 6) is 2.55. The van der Waals surface area contributed by atoms with E-state index in [4.69, 9.17) is 14.2 Å². The first kappa shape index (κ1) is 35.2. The number of benzene rings is 4. The van der Waals surface area contributed by atoms with Crippen LogP contribution in [0.3, 0.4) is 0 Å². The maximum atomic E-state index is 11.4. The molecule has 4 aromatic rings. The Labute approximate surface area is 294 Å². The number of nitrogens with zero attached hydrogens (tertiary/aromatic N) is 4. The molecule has 3 aliphatic heterocycles. The summed E-state index contributed by atoms with van der Waals surface area (Å²) < 4.78 is 18.7. The van der Waals surface area contributed by atoms with E-state index in [-0.39, 0.29) is 10.6 Å². The van der Waals surface area contributed by atoms with Gasteiger partial charge in [0, 0.05) is 96.4 Å². The van der Waals surface area contributed by atoms with Crippen LogP contribution in [-0.4, -0.2) is 93.4 Å². The van der Waals surface area contributed by atoms with E-state index in [9.17, 15) is 10.1 Å². The summed E-state index contributed by atoms with van der Waals surface area (Å²) >= 11 is 0. The lowest BCUT2D eigenvalue weighted by molar-refractivity contribution is -0.384. The van der Waals surface area contributed by atoms with Gasteiger partial charge in [-0.1, -0.05) is 36.4 Å². The van der Waals surface area contributed by atoms with Crippen LogP contribution in [0, 0.1) is 10.1 Å². The fourth-order valence-corrected chi connectivity index (χ4v) is 6.28. The van der Waals surface area contributed by atoms with E-state index in [1.807, 2.05) is 36.4 Å². The molecule has 264 valence electrons. The Hall–Kier alpha value is -4.68. The fraction of sp³-hybridized carbons (Fsp3) is 0.385. The molecule has 0 saturated carbocycles. The molecule has 7 rings (SSSR count). The van der Waals surface area contributed by atoms with Gasteiger partial charge in [-0.15, -0.1) is 0 Å². The van der Waals surface area contributed by atoms with Crippen LogP contribution in [0.5, 0.6) is 17.2 Å². The van der Waals surface area contributed by atoms with Gasteiger partial charge in [0.15, 0.2) is 0 Å². The summed E-state index contributed by atoms with van der Waals surface area (Å²) in [5.41, 5.74) is 4.52. The minimum atomic E-state index is -0.351. The molecule has 11 nitrogen and oxygen atoms in total. The minimum absolute atomic E-state index is 0.0884. The third-order valence-electron chi connectivity index (χ3n) is 9.08. The van der Waals surface area contributed by atoms with Gasteiger partial charge in [0.05, 0.1) is 4.92 Å². The summed E-state index contributed by atoms with van der Waals surface area (Å²) in [6, 6.07) is 31.7. The Balaban J connectivity index is 1.28. The third kappa shape index (κ3) is 10.9. The highest BCUT2D eigenvalue weighted by atomic mass is 16.6. The maximum Gasteiger partial charge on any atom is 0.269 e. The first-order valence-electron chi connectivity index (χ1n) is 17.6. The van der Waals surface area contributed by atoms with Crippen LogP contribution in [0.4, 0.5) is 11.4 Å². The zero-order valence-corrected chi connectivity index (χ0v) is 28.7. The van der Waals surface area contributed by atoms with Gasteiger partial charge < -0.3 is 29.7 Å². The summed E-state index contributed by atoms with van der Waals surface area (Å²) in [5, 5.41) is 18.7. The summed E-state index contributed by atoms with van der Waals surface area (Å²) in [7, 11) is 0. The molecule has 0 radical (unpaired) electrons. The van der Waals surface area contributed by atoms with Crippen molar-refractivity contribution < 1.29 is 19.1 Å². The average molecular weight is 681 g/mol. The molecule has 0 amide bonds. The molecule has 0 spiro atoms. The number of anilines is 1. The first-order valence-corrected chi connectivity index (χ1v) is 17.6. The van der Waals surface area contributed by atoms with Crippen molar-refractivity contribution in [2.24, 2.45) is 0 Å². The maximum absolute atomic E-state index is 11.4. The lowest BCUT2D eigenvalue weighted by Crippen LogP contribution is -2.41. The molecule has 0 aromatic heterocycles. The largest absolute Gasteiger partial charge is 0.492 e. The zero-order valence-electron chi connectivity index (χ0n) is 28.7. The van der Waals surface area contributed by atoms with Crippen molar-refractivity contribution in [2.75, 3.05) is 83.6 Å². The highest BCUT2D eigenvalue weighted by Crippen LogP contribution is 2.23. The van der Waals surface area contributed by atoms with Gasteiger partial charge in [-0.2, -0.15) is 0 Å². The lowest BCUT2D eigenvalue weighted by Gasteiger charge is -2.30. The van der Waals surface area contributed by atoms with Crippen molar-refractivity contribution in [3.8, 4) is 17.2 Å². The summed E-state index contributed by atoms with van der Waals surface area (Å²) in [6.45, 7) is 10.9. The second kappa shape index (κ2) is 18.4. The second-order valence-electron chi connectivity index (χ2n) is 12.7. The van der Waals surface area contributed by atoms with Crippen molar-refractivity contribution >= 4 is 11.4 Å². The van der Waals surface area contributed by atoms with E-state index in [0.29, 0.717) is 26.4 Å². The number of ether oxygens (including phenoxy) is 3. The van der Waals surface area contributed by atoms with Gasteiger partial charge in [-0.05, 0) is 65.2 Å². The van der Waals surface area contributed by atoms with E-state index < -0.39 is 0 Å². The minimum Gasteiger partial charge on any atom is -0.492 e. The Morgan fingerprint density at radius 2 is 1.04 bits per heavy atom. The topological polar surface area (TPSA) is 105 Å². The Bertz CT molecular complexity index is 1590. The van der Waals surface area contributed by atoms with Crippen LogP contribution in [0.2, 0.25) is 0 Å². The molecule has 4 aromatic carbocycles. The van der Waals surface area contributed by atoms with Gasteiger partial charge in [0.2, 0.25) is 0 Å². The van der Waals surface area contributed by atoms with E-state index >= 15 is 0 Å². The highest BCUT2D eigenvalue weighted by Gasteiger charge is 2.15. The SMILES string of the molecule is O=[N+]([O-])c1ccc(N2CCN3CCNCc4cccc(c4)OCCN(CCOc4cccc(c4)CNCC3)CCOc3cccc(c3)C2)cc1. The van der Waals surface area contributed by atoms with E-state index in [2.05, 4.69) is 73.9 Å². The van der Waals surface area contributed by atoms with E-state index in [1.54, 1.807) is 12.1 Å². The monoisotopic (exact) mass is 680 g/mol. The third-order valence-corrected chi connectivity index (χ3v) is 9.08. The van der Waals surface area contributed by atoms with Gasteiger partial charge in [-0.3, -0.25) is 19.9 Å². The molecule has 0 aliphatic carbocycles. The van der Waals surface area contributed by atoms with Crippen molar-refractivity contribution in [3.63, 3.8) is 0 Å². The predicted molar refractivity (Wildman–Crippen MR) is 196 cm³/mol. The molecule has 0 unspecified atom stereocenters. The molecular formula is C39H48N6O5. The first-order chi connectivity index (χ1) is 24.6. The molecule has 2 N–H and O–H groups in total. The molecule has 0 atom stereocenters. The van der Waals surface area contributed by atoms with Gasteiger partial charge in [-0.25, -0.2) is 0 Å². The number of nitro benzene ring substituents is 1. The molecule has 11 heteroatoms. The number of fused-ring (bicyclic) bond motifs is 15. The average Bonchev–Trinajstić information content (AvgIpc) is 3.13. The normalized spacial score (nSPS) is 20.0. The lowest BCUT2D eigenvalue weighted by atomic mass is 10.1. The number of non-ortho nitro benzene ring substituents is 1. The van der Waals surface area contributed by atoms with Crippen LogP contribution in [0.15, 0.2) is 97.1 Å². The predicted octanol–water partition coefficient (Wildman–Crippen LogP) is 4.95. The molecule has 3 aliphatic rings. The zero-order chi connectivity index (χ0) is 34.4. The molecular weight excluding hydrogens is 632 g/mol. The fourth-order valence-electron chi connectivity index (χ4n) is 6.28. The van der Waals surface area contributed by atoms with Crippen molar-refractivity contribution in [2.45, 2.75) is 19.6 Å². The van der Waals surface area contributed by atoms with Crippen LogP contribution < -0.4 is 29.7 Å². The quantitative estimate of drug-likeness (QED) is 0.223. The van der Waals surface area contributed by atoms with Crippen LogP contribution >= 0.6 is 0 Å². The highest BCUT2D eigenvalue weighted by molar-refractivity contribution is 5.51. The molecule has 0 saturated heterocycles. The summed E-state index contributed by atoms with van der Waals surface area (Å²) in [6.07, 6.45) is 0. The number of rotatable bonds is 2. The Kier molecular flexibility index (Phi) is 12.9. The van der Waals surface area contributed by atoms with Crippen molar-refractivity contribution in [1.29, 1.82) is 0 Å². The molecule has 3 heterocycles. The second-order valence-corrected chi connectivity index (χ2v) is 12.7. The molecule has 0 fully saturated rings. The number of hydrogen-bond donors (Lipinski definition) is 2. The van der Waals surface area contributed by atoms with Gasteiger partial charge >= 0.3 is 0 Å². The number of hydrogen-bond acceptors (Lipinski definition) is 10. The van der Waals surface area contributed by atoms with E-state index in [0.717, 1.165) is 100 Å². The standard InChI is InChI=1S/C39H48N6O5/c46-45(47)36-12-10-35(11-13-36)44-19-18-42-16-14-40-29-32-4-1-7-37(26-32)48-23-20-43(22-25-50-39-9-3-6-34(28-39)31-44)21-24-49-38-8-2-5-33(27-38)30-41-15-17-42/h1-13,26-28,40-41H,14-25,29-31H2.